The number of halogens is 1. The molecule has 0 aliphatic heterocycles. The summed E-state index contributed by atoms with van der Waals surface area (Å²) < 4.78 is 11.0. The molecule has 0 aliphatic rings. The Morgan fingerprint density at radius 3 is 2.42 bits per heavy atom. The van der Waals surface area contributed by atoms with Gasteiger partial charge in [0.1, 0.15) is 12.0 Å². The number of benzene rings is 2. The van der Waals surface area contributed by atoms with Crippen molar-refractivity contribution in [3.63, 3.8) is 0 Å². The van der Waals surface area contributed by atoms with Crippen molar-refractivity contribution >= 4 is 17.9 Å². The Hall–Kier alpha value is -2.00. The molecule has 0 spiro atoms. The van der Waals surface area contributed by atoms with Crippen molar-refractivity contribution in [2.45, 2.75) is 6.92 Å². The van der Waals surface area contributed by atoms with Gasteiger partial charge in [0.05, 0.1) is 12.1 Å². The molecule has 19 heavy (non-hydrogen) atoms. The summed E-state index contributed by atoms with van der Waals surface area (Å²) in [6.45, 7) is 1.97. The minimum absolute atomic E-state index is 0.382. The molecule has 0 aromatic heterocycles. The Morgan fingerprint density at radius 1 is 1.05 bits per heavy atom. The minimum Gasteiger partial charge on any atom is -0.493 e. The Kier molecular flexibility index (Phi) is 4.07. The summed E-state index contributed by atoms with van der Waals surface area (Å²) >= 11 is 6.06. The lowest BCUT2D eigenvalue weighted by Crippen LogP contribution is -1.92. The van der Waals surface area contributed by atoms with Crippen LogP contribution in [-0.4, -0.2) is 13.4 Å². The van der Waals surface area contributed by atoms with E-state index >= 15 is 0 Å². The van der Waals surface area contributed by atoms with Crippen molar-refractivity contribution in [3.8, 4) is 17.2 Å². The summed E-state index contributed by atoms with van der Waals surface area (Å²) in [5, 5.41) is 0.382. The van der Waals surface area contributed by atoms with Crippen LogP contribution in [0.5, 0.6) is 17.2 Å². The zero-order valence-corrected chi connectivity index (χ0v) is 11.4. The van der Waals surface area contributed by atoms with E-state index in [0.717, 1.165) is 11.8 Å². The van der Waals surface area contributed by atoms with Crippen LogP contribution in [0.15, 0.2) is 36.4 Å². The standard InChI is InChI=1S/C15H13ClO3/c1-10-3-5-14(15(7-10)18-2)19-13-6-4-11(9-17)8-12(13)16/h3-9H,1-2H3. The van der Waals surface area contributed by atoms with E-state index in [-0.39, 0.29) is 0 Å². The van der Waals surface area contributed by atoms with Crippen molar-refractivity contribution in [3.05, 3.63) is 52.5 Å². The van der Waals surface area contributed by atoms with Crippen LogP contribution in [0.4, 0.5) is 0 Å². The topological polar surface area (TPSA) is 35.5 Å². The monoisotopic (exact) mass is 276 g/mol. The lowest BCUT2D eigenvalue weighted by atomic mass is 10.2. The number of carbonyl (C=O) groups excluding carboxylic acids is 1. The lowest BCUT2D eigenvalue weighted by Gasteiger charge is -2.12. The molecule has 0 saturated heterocycles. The maximum absolute atomic E-state index is 10.6. The quantitative estimate of drug-likeness (QED) is 0.783. The third-order valence-corrected chi connectivity index (χ3v) is 2.93. The molecule has 0 heterocycles. The van der Waals surface area contributed by atoms with Gasteiger partial charge in [-0.15, -0.1) is 0 Å². The third kappa shape index (κ3) is 3.06. The summed E-state index contributed by atoms with van der Waals surface area (Å²) in [6, 6.07) is 10.5. The predicted molar refractivity (Wildman–Crippen MR) is 74.6 cm³/mol. The largest absolute Gasteiger partial charge is 0.493 e. The first kappa shape index (κ1) is 13.4. The predicted octanol–water partition coefficient (Wildman–Crippen LogP) is 4.26. The number of aryl methyl sites for hydroxylation is 1. The van der Waals surface area contributed by atoms with E-state index in [1.54, 1.807) is 25.3 Å². The summed E-state index contributed by atoms with van der Waals surface area (Å²) in [7, 11) is 1.58. The van der Waals surface area contributed by atoms with Crippen LogP contribution in [-0.2, 0) is 0 Å². The molecule has 0 fully saturated rings. The molecular weight excluding hydrogens is 264 g/mol. The number of hydrogen-bond acceptors (Lipinski definition) is 3. The van der Waals surface area contributed by atoms with E-state index in [9.17, 15) is 4.79 Å². The molecule has 0 amide bonds. The Morgan fingerprint density at radius 2 is 1.79 bits per heavy atom. The van der Waals surface area contributed by atoms with Gasteiger partial charge in [-0.1, -0.05) is 17.7 Å². The summed E-state index contributed by atoms with van der Waals surface area (Å²) in [6.07, 6.45) is 0.738. The first-order chi connectivity index (χ1) is 9.13. The van der Waals surface area contributed by atoms with Crippen LogP contribution in [0.1, 0.15) is 15.9 Å². The van der Waals surface area contributed by atoms with Crippen LogP contribution in [0, 0.1) is 6.92 Å². The average Bonchev–Trinajstić information content (AvgIpc) is 2.42. The molecule has 0 atom stereocenters. The van der Waals surface area contributed by atoms with Gasteiger partial charge < -0.3 is 9.47 Å². The molecule has 98 valence electrons. The molecule has 2 aromatic carbocycles. The SMILES string of the molecule is COc1cc(C)ccc1Oc1ccc(C=O)cc1Cl. The average molecular weight is 277 g/mol. The molecule has 0 unspecified atom stereocenters. The van der Waals surface area contributed by atoms with Crippen LogP contribution in [0.3, 0.4) is 0 Å². The lowest BCUT2D eigenvalue weighted by molar-refractivity contribution is 0.112. The molecule has 0 bridgehead atoms. The van der Waals surface area contributed by atoms with Crippen LogP contribution in [0.2, 0.25) is 5.02 Å². The highest BCUT2D eigenvalue weighted by atomic mass is 35.5. The number of hydrogen-bond donors (Lipinski definition) is 0. The second kappa shape index (κ2) is 5.76. The second-order valence-electron chi connectivity index (χ2n) is 4.06. The highest BCUT2D eigenvalue weighted by molar-refractivity contribution is 6.32. The number of ether oxygens (including phenoxy) is 2. The van der Waals surface area contributed by atoms with Gasteiger partial charge in [0.2, 0.25) is 0 Å². The zero-order valence-electron chi connectivity index (χ0n) is 10.6. The second-order valence-corrected chi connectivity index (χ2v) is 4.47. The number of aldehydes is 1. The maximum atomic E-state index is 10.6. The summed E-state index contributed by atoms with van der Waals surface area (Å²) in [5.74, 6) is 1.69. The summed E-state index contributed by atoms with van der Waals surface area (Å²) in [4.78, 5) is 10.6. The van der Waals surface area contributed by atoms with E-state index in [2.05, 4.69) is 0 Å². The highest BCUT2D eigenvalue weighted by Crippen LogP contribution is 2.35. The highest BCUT2D eigenvalue weighted by Gasteiger charge is 2.09. The fourth-order valence-electron chi connectivity index (χ4n) is 1.65. The maximum Gasteiger partial charge on any atom is 0.169 e. The first-order valence-corrected chi connectivity index (χ1v) is 6.09. The van der Waals surface area contributed by atoms with Gasteiger partial charge in [-0.25, -0.2) is 0 Å². The Labute approximate surface area is 116 Å². The van der Waals surface area contributed by atoms with Gasteiger partial charge in [0.25, 0.3) is 0 Å². The van der Waals surface area contributed by atoms with Crippen molar-refractivity contribution < 1.29 is 14.3 Å². The van der Waals surface area contributed by atoms with Crippen molar-refractivity contribution in [1.29, 1.82) is 0 Å². The minimum atomic E-state index is 0.382. The molecule has 0 saturated carbocycles. The molecule has 4 heteroatoms. The summed E-state index contributed by atoms with van der Waals surface area (Å²) in [5.41, 5.74) is 1.58. The molecule has 2 aromatic rings. The van der Waals surface area contributed by atoms with Crippen molar-refractivity contribution in [2.75, 3.05) is 7.11 Å². The van der Waals surface area contributed by atoms with E-state index in [1.807, 2.05) is 25.1 Å². The zero-order chi connectivity index (χ0) is 13.8. The number of rotatable bonds is 4. The third-order valence-electron chi connectivity index (χ3n) is 2.63. The molecule has 0 N–H and O–H groups in total. The Bertz CT molecular complexity index is 608. The van der Waals surface area contributed by atoms with Gasteiger partial charge in [-0.2, -0.15) is 0 Å². The molecule has 3 nitrogen and oxygen atoms in total. The fraction of sp³-hybridized carbons (Fsp3) is 0.133. The van der Waals surface area contributed by atoms with E-state index < -0.39 is 0 Å². The van der Waals surface area contributed by atoms with Crippen LogP contribution < -0.4 is 9.47 Å². The molecule has 2 rings (SSSR count). The van der Waals surface area contributed by atoms with Gasteiger partial charge >= 0.3 is 0 Å². The van der Waals surface area contributed by atoms with Crippen molar-refractivity contribution in [2.24, 2.45) is 0 Å². The molecule has 0 radical (unpaired) electrons. The van der Waals surface area contributed by atoms with Gasteiger partial charge in [0.15, 0.2) is 11.5 Å². The fourth-order valence-corrected chi connectivity index (χ4v) is 1.88. The first-order valence-electron chi connectivity index (χ1n) is 5.71. The Balaban J connectivity index is 2.33. The van der Waals surface area contributed by atoms with E-state index in [1.165, 1.54) is 0 Å². The molecule has 0 aliphatic carbocycles. The number of methoxy groups -OCH3 is 1. The van der Waals surface area contributed by atoms with Crippen molar-refractivity contribution in [1.82, 2.24) is 0 Å². The van der Waals surface area contributed by atoms with Crippen LogP contribution >= 0.6 is 11.6 Å². The van der Waals surface area contributed by atoms with Gasteiger partial charge in [0, 0.05) is 5.56 Å². The normalized spacial score (nSPS) is 10.1. The van der Waals surface area contributed by atoms with Gasteiger partial charge in [-0.3, -0.25) is 4.79 Å². The smallest absolute Gasteiger partial charge is 0.169 e. The van der Waals surface area contributed by atoms with E-state index in [0.29, 0.717) is 27.8 Å². The van der Waals surface area contributed by atoms with E-state index in [4.69, 9.17) is 21.1 Å². The van der Waals surface area contributed by atoms with Crippen LogP contribution in [0.25, 0.3) is 0 Å². The number of carbonyl (C=O) groups is 1. The molecular formula is C15H13ClO3. The van der Waals surface area contributed by atoms with Gasteiger partial charge in [-0.05, 0) is 42.8 Å².